The summed E-state index contributed by atoms with van der Waals surface area (Å²) in [4.78, 5) is 18.4. The van der Waals surface area contributed by atoms with Crippen LogP contribution in [-0.2, 0) is 22.1 Å². The first-order valence-corrected chi connectivity index (χ1v) is 8.52. The van der Waals surface area contributed by atoms with Crippen molar-refractivity contribution >= 4 is 23.2 Å². The van der Waals surface area contributed by atoms with Gasteiger partial charge in [-0.3, -0.25) is 9.69 Å². The second kappa shape index (κ2) is 7.81. The first kappa shape index (κ1) is 18.9. The third-order valence-corrected chi connectivity index (χ3v) is 4.36. The number of nitrogens with zero attached hydrogens (tertiary/aromatic N) is 3. The second-order valence-electron chi connectivity index (χ2n) is 6.02. The first-order valence-electron chi connectivity index (χ1n) is 8.14. The first-order chi connectivity index (χ1) is 12.3. The molecule has 2 aromatic rings. The van der Waals surface area contributed by atoms with Crippen LogP contribution in [0.4, 0.5) is 13.2 Å². The summed E-state index contributed by atoms with van der Waals surface area (Å²) >= 11 is 5.89. The molecule has 0 saturated carbocycles. The highest BCUT2D eigenvalue weighted by atomic mass is 35.5. The minimum atomic E-state index is -4.50. The topological polar surface area (TPSA) is 58.9 Å². The zero-order valence-electron chi connectivity index (χ0n) is 13.9. The molecule has 0 aliphatic carbocycles. The highest BCUT2D eigenvalue weighted by molar-refractivity contribution is 6.33. The van der Waals surface area contributed by atoms with Crippen molar-refractivity contribution in [3.05, 3.63) is 34.7 Å². The van der Waals surface area contributed by atoms with Gasteiger partial charge in [-0.05, 0) is 6.07 Å². The van der Waals surface area contributed by atoms with Crippen LogP contribution in [-0.4, -0.2) is 59.6 Å². The van der Waals surface area contributed by atoms with E-state index in [-0.39, 0.29) is 23.0 Å². The van der Waals surface area contributed by atoms with Crippen molar-refractivity contribution in [2.75, 3.05) is 39.4 Å². The van der Waals surface area contributed by atoms with Crippen molar-refractivity contribution in [3.8, 4) is 0 Å². The van der Waals surface area contributed by atoms with Crippen LogP contribution in [0, 0.1) is 0 Å². The minimum Gasteiger partial charge on any atom is -0.379 e. The fourth-order valence-corrected chi connectivity index (χ4v) is 3.01. The van der Waals surface area contributed by atoms with Gasteiger partial charge in [0.15, 0.2) is 5.65 Å². The summed E-state index contributed by atoms with van der Waals surface area (Å²) < 4.78 is 45.0. The van der Waals surface area contributed by atoms with E-state index < -0.39 is 11.7 Å². The number of aromatic nitrogens is 2. The number of morpholine rings is 1. The molecule has 142 valence electrons. The standard InChI is InChI=1S/C16H18ClF3N4O2/c17-13-7-11(16(18,19)20)9-24-10-12(22-15(13)24)8-14(25)21-1-2-23-3-5-26-6-4-23/h7,9-10H,1-6,8H2,(H,21,25). The lowest BCUT2D eigenvalue weighted by molar-refractivity contribution is -0.137. The fourth-order valence-electron chi connectivity index (χ4n) is 2.75. The molecule has 0 radical (unpaired) electrons. The average molecular weight is 391 g/mol. The summed E-state index contributed by atoms with van der Waals surface area (Å²) in [6.45, 7) is 4.27. The maximum atomic E-state index is 12.8. The molecule has 1 aliphatic rings. The molecule has 0 aromatic carbocycles. The van der Waals surface area contributed by atoms with Gasteiger partial charge in [0.05, 0.1) is 35.9 Å². The van der Waals surface area contributed by atoms with Crippen LogP contribution in [0.2, 0.25) is 5.02 Å². The van der Waals surface area contributed by atoms with E-state index in [1.807, 2.05) is 0 Å². The number of amides is 1. The van der Waals surface area contributed by atoms with Crippen LogP contribution in [0.15, 0.2) is 18.5 Å². The third kappa shape index (κ3) is 4.66. The van der Waals surface area contributed by atoms with Gasteiger partial charge < -0.3 is 14.5 Å². The molecule has 1 amide bonds. The van der Waals surface area contributed by atoms with Crippen molar-refractivity contribution in [2.45, 2.75) is 12.6 Å². The van der Waals surface area contributed by atoms with Gasteiger partial charge in [-0.1, -0.05) is 11.6 Å². The predicted molar refractivity (Wildman–Crippen MR) is 89.2 cm³/mol. The van der Waals surface area contributed by atoms with E-state index in [1.165, 1.54) is 10.6 Å². The van der Waals surface area contributed by atoms with Crippen molar-refractivity contribution < 1.29 is 22.7 Å². The molecule has 0 bridgehead atoms. The van der Waals surface area contributed by atoms with E-state index in [0.29, 0.717) is 25.5 Å². The number of nitrogens with one attached hydrogen (secondary N) is 1. The molecule has 2 aromatic heterocycles. The van der Waals surface area contributed by atoms with E-state index in [9.17, 15) is 18.0 Å². The number of rotatable bonds is 5. The molecule has 1 fully saturated rings. The molecule has 0 unspecified atom stereocenters. The van der Waals surface area contributed by atoms with Crippen LogP contribution < -0.4 is 5.32 Å². The minimum absolute atomic E-state index is 0.0253. The number of halogens is 4. The van der Waals surface area contributed by atoms with Crippen LogP contribution >= 0.6 is 11.6 Å². The Hall–Kier alpha value is -1.84. The summed E-state index contributed by atoms with van der Waals surface area (Å²) in [6.07, 6.45) is -2.23. The number of alkyl halides is 3. The molecular weight excluding hydrogens is 373 g/mol. The van der Waals surface area contributed by atoms with Gasteiger partial charge in [0.1, 0.15) is 0 Å². The van der Waals surface area contributed by atoms with Gasteiger partial charge in [0.2, 0.25) is 5.91 Å². The number of fused-ring (bicyclic) bond motifs is 1. The molecular formula is C16H18ClF3N4O2. The Morgan fingerprint density at radius 1 is 1.31 bits per heavy atom. The molecule has 26 heavy (non-hydrogen) atoms. The molecule has 0 atom stereocenters. The van der Waals surface area contributed by atoms with Crippen LogP contribution in [0.3, 0.4) is 0 Å². The molecule has 0 spiro atoms. The monoisotopic (exact) mass is 390 g/mol. The van der Waals surface area contributed by atoms with Crippen LogP contribution in [0.25, 0.3) is 5.65 Å². The summed E-state index contributed by atoms with van der Waals surface area (Å²) in [6, 6.07) is 0.829. The van der Waals surface area contributed by atoms with E-state index in [4.69, 9.17) is 16.3 Å². The lowest BCUT2D eigenvalue weighted by Crippen LogP contribution is -2.41. The predicted octanol–water partition coefficient (Wildman–Crippen LogP) is 2.00. The lowest BCUT2D eigenvalue weighted by atomic mass is 10.3. The molecule has 1 N–H and O–H groups in total. The van der Waals surface area contributed by atoms with E-state index in [0.717, 1.165) is 31.9 Å². The Labute approximate surface area is 152 Å². The van der Waals surface area contributed by atoms with Gasteiger partial charge in [-0.15, -0.1) is 0 Å². The molecule has 10 heteroatoms. The number of imidazole rings is 1. The van der Waals surface area contributed by atoms with Gasteiger partial charge in [-0.2, -0.15) is 13.2 Å². The molecule has 3 heterocycles. The highest BCUT2D eigenvalue weighted by Crippen LogP contribution is 2.32. The highest BCUT2D eigenvalue weighted by Gasteiger charge is 2.32. The van der Waals surface area contributed by atoms with Crippen molar-refractivity contribution in [2.24, 2.45) is 0 Å². The Balaban J connectivity index is 1.59. The number of carbonyl (C=O) groups excluding carboxylic acids is 1. The summed E-state index contributed by atoms with van der Waals surface area (Å²) in [7, 11) is 0. The Kier molecular flexibility index (Phi) is 5.69. The zero-order valence-corrected chi connectivity index (χ0v) is 14.6. The fraction of sp³-hybridized carbons (Fsp3) is 0.500. The van der Waals surface area contributed by atoms with E-state index >= 15 is 0 Å². The molecule has 1 saturated heterocycles. The Bertz CT molecular complexity index is 788. The number of hydrogen-bond donors (Lipinski definition) is 1. The quantitative estimate of drug-likeness (QED) is 0.848. The van der Waals surface area contributed by atoms with Gasteiger partial charge in [0.25, 0.3) is 0 Å². The molecule has 6 nitrogen and oxygen atoms in total. The molecule has 1 aliphatic heterocycles. The van der Waals surface area contributed by atoms with E-state index in [2.05, 4.69) is 15.2 Å². The summed E-state index contributed by atoms with van der Waals surface area (Å²) in [5, 5.41) is 2.68. The SMILES string of the molecule is O=C(Cc1cn2cc(C(F)(F)F)cc(Cl)c2n1)NCCN1CCOCC1. The van der Waals surface area contributed by atoms with Crippen molar-refractivity contribution in [1.29, 1.82) is 0 Å². The summed E-state index contributed by atoms with van der Waals surface area (Å²) in [5.41, 5.74) is -0.320. The normalized spacial score (nSPS) is 16.2. The zero-order chi connectivity index (χ0) is 18.7. The largest absolute Gasteiger partial charge is 0.417 e. The van der Waals surface area contributed by atoms with E-state index in [1.54, 1.807) is 0 Å². The van der Waals surface area contributed by atoms with Gasteiger partial charge in [-0.25, -0.2) is 4.98 Å². The second-order valence-corrected chi connectivity index (χ2v) is 6.43. The van der Waals surface area contributed by atoms with Gasteiger partial charge >= 0.3 is 6.18 Å². The molecule has 3 rings (SSSR count). The van der Waals surface area contributed by atoms with Crippen molar-refractivity contribution in [3.63, 3.8) is 0 Å². The third-order valence-electron chi connectivity index (χ3n) is 4.08. The maximum absolute atomic E-state index is 12.8. The van der Waals surface area contributed by atoms with Crippen LogP contribution in [0.5, 0.6) is 0 Å². The van der Waals surface area contributed by atoms with Crippen LogP contribution in [0.1, 0.15) is 11.3 Å². The number of pyridine rings is 1. The smallest absolute Gasteiger partial charge is 0.379 e. The van der Waals surface area contributed by atoms with Crippen molar-refractivity contribution in [1.82, 2.24) is 19.6 Å². The number of carbonyl (C=O) groups is 1. The number of ether oxygens (including phenoxy) is 1. The summed E-state index contributed by atoms with van der Waals surface area (Å²) in [5.74, 6) is -0.242. The maximum Gasteiger partial charge on any atom is 0.417 e. The lowest BCUT2D eigenvalue weighted by Gasteiger charge is -2.26. The average Bonchev–Trinajstić information content (AvgIpc) is 2.98. The Morgan fingerprint density at radius 2 is 2.04 bits per heavy atom. The Morgan fingerprint density at radius 3 is 2.73 bits per heavy atom. The number of hydrogen-bond acceptors (Lipinski definition) is 4. The van der Waals surface area contributed by atoms with Gasteiger partial charge in [0, 0.05) is 38.6 Å².